The van der Waals surface area contributed by atoms with E-state index in [1.807, 2.05) is 18.2 Å². The van der Waals surface area contributed by atoms with E-state index in [9.17, 15) is 0 Å². The minimum absolute atomic E-state index is 0.277. The summed E-state index contributed by atoms with van der Waals surface area (Å²) in [5.41, 5.74) is 1.23. The third kappa shape index (κ3) is 3.13. The van der Waals surface area contributed by atoms with Crippen molar-refractivity contribution >= 4 is 15.9 Å². The summed E-state index contributed by atoms with van der Waals surface area (Å²) in [7, 11) is 0. The van der Waals surface area contributed by atoms with Crippen LogP contribution in [0.1, 0.15) is 24.9 Å². The minimum atomic E-state index is 0.277. The van der Waals surface area contributed by atoms with Crippen molar-refractivity contribution in [3.63, 3.8) is 0 Å². The van der Waals surface area contributed by atoms with Crippen LogP contribution < -0.4 is 5.32 Å². The van der Waals surface area contributed by atoms with Crippen LogP contribution in [0.2, 0.25) is 0 Å². The molecule has 0 aliphatic carbocycles. The molecule has 0 aliphatic heterocycles. The van der Waals surface area contributed by atoms with Gasteiger partial charge in [0.2, 0.25) is 0 Å². The molecule has 74 valence electrons. The lowest BCUT2D eigenvalue weighted by molar-refractivity contribution is 0.581. The molecule has 0 fully saturated rings. The zero-order valence-electron chi connectivity index (χ0n) is 8.13. The van der Waals surface area contributed by atoms with Crippen LogP contribution in [-0.4, -0.2) is 6.54 Å². The molecule has 1 aromatic rings. The second kappa shape index (κ2) is 5.79. The summed E-state index contributed by atoms with van der Waals surface area (Å²) < 4.78 is 1.11. The third-order valence-electron chi connectivity index (χ3n) is 2.06. The molecule has 0 unspecified atom stereocenters. The second-order valence-corrected chi connectivity index (χ2v) is 3.96. The van der Waals surface area contributed by atoms with Crippen molar-refractivity contribution in [2.24, 2.45) is 0 Å². The van der Waals surface area contributed by atoms with Gasteiger partial charge in [0.15, 0.2) is 0 Å². The summed E-state index contributed by atoms with van der Waals surface area (Å²) in [5.74, 6) is 0. The largest absolute Gasteiger partial charge is 0.309 e. The average molecular weight is 253 g/mol. The standard InChI is InChI=1S/C11H13BrN2/c1-9(14-8-4-7-13)10-5-2-3-6-11(10)12/h2-3,5-6,9,14H,4,8H2,1H3/t9-/m0/s1. The molecule has 0 bridgehead atoms. The van der Waals surface area contributed by atoms with Crippen LogP contribution in [0, 0.1) is 11.3 Å². The summed E-state index contributed by atoms with van der Waals surface area (Å²) in [4.78, 5) is 0. The van der Waals surface area contributed by atoms with Crippen molar-refractivity contribution < 1.29 is 0 Å². The van der Waals surface area contributed by atoms with E-state index < -0.39 is 0 Å². The van der Waals surface area contributed by atoms with Crippen LogP contribution in [-0.2, 0) is 0 Å². The monoisotopic (exact) mass is 252 g/mol. The first-order valence-corrected chi connectivity index (χ1v) is 5.39. The van der Waals surface area contributed by atoms with Gasteiger partial charge in [-0.25, -0.2) is 0 Å². The molecule has 0 aliphatic rings. The van der Waals surface area contributed by atoms with Gasteiger partial charge in [-0.3, -0.25) is 0 Å². The lowest BCUT2D eigenvalue weighted by Gasteiger charge is -2.14. The van der Waals surface area contributed by atoms with Gasteiger partial charge in [-0.05, 0) is 18.6 Å². The van der Waals surface area contributed by atoms with Gasteiger partial charge in [-0.1, -0.05) is 34.1 Å². The third-order valence-corrected chi connectivity index (χ3v) is 2.78. The van der Waals surface area contributed by atoms with Gasteiger partial charge in [0.1, 0.15) is 0 Å². The van der Waals surface area contributed by atoms with Gasteiger partial charge < -0.3 is 5.32 Å². The van der Waals surface area contributed by atoms with Crippen LogP contribution in [0.5, 0.6) is 0 Å². The first kappa shape index (κ1) is 11.2. The summed E-state index contributed by atoms with van der Waals surface area (Å²) in [6.07, 6.45) is 0.550. The van der Waals surface area contributed by atoms with Crippen LogP contribution in [0.3, 0.4) is 0 Å². The summed E-state index contributed by atoms with van der Waals surface area (Å²) in [5, 5.41) is 11.7. The molecule has 1 N–H and O–H groups in total. The van der Waals surface area contributed by atoms with E-state index in [0.717, 1.165) is 11.0 Å². The Morgan fingerprint density at radius 1 is 1.50 bits per heavy atom. The molecule has 1 rings (SSSR count). The van der Waals surface area contributed by atoms with E-state index in [1.54, 1.807) is 0 Å². The first-order chi connectivity index (χ1) is 6.75. The van der Waals surface area contributed by atoms with Gasteiger partial charge in [-0.15, -0.1) is 0 Å². The van der Waals surface area contributed by atoms with Crippen LogP contribution in [0.15, 0.2) is 28.7 Å². The fourth-order valence-corrected chi connectivity index (χ4v) is 1.91. The van der Waals surface area contributed by atoms with E-state index in [0.29, 0.717) is 6.42 Å². The Bertz CT molecular complexity index is 330. The number of halogens is 1. The minimum Gasteiger partial charge on any atom is -0.309 e. The Morgan fingerprint density at radius 3 is 2.86 bits per heavy atom. The predicted octanol–water partition coefficient (Wildman–Crippen LogP) is 3.01. The van der Waals surface area contributed by atoms with Crippen LogP contribution >= 0.6 is 15.9 Å². The quantitative estimate of drug-likeness (QED) is 0.837. The number of nitriles is 1. The normalized spacial score (nSPS) is 12.1. The molecule has 1 atom stereocenters. The Balaban J connectivity index is 2.57. The van der Waals surface area contributed by atoms with Gasteiger partial charge >= 0.3 is 0 Å². The van der Waals surface area contributed by atoms with E-state index >= 15 is 0 Å². The Hall–Kier alpha value is -0.850. The van der Waals surface area contributed by atoms with Crippen molar-refractivity contribution in [3.05, 3.63) is 34.3 Å². The van der Waals surface area contributed by atoms with Gasteiger partial charge in [-0.2, -0.15) is 5.26 Å². The Kier molecular flexibility index (Phi) is 4.64. The lowest BCUT2D eigenvalue weighted by atomic mass is 10.1. The highest BCUT2D eigenvalue weighted by Gasteiger charge is 2.06. The molecule has 0 spiro atoms. The number of hydrogen-bond acceptors (Lipinski definition) is 2. The zero-order chi connectivity index (χ0) is 10.4. The number of benzene rings is 1. The van der Waals surface area contributed by atoms with Gasteiger partial charge in [0, 0.05) is 23.5 Å². The van der Waals surface area contributed by atoms with E-state index in [4.69, 9.17) is 5.26 Å². The van der Waals surface area contributed by atoms with Crippen molar-refractivity contribution in [2.45, 2.75) is 19.4 Å². The molecule has 0 aromatic heterocycles. The summed E-state index contributed by atoms with van der Waals surface area (Å²) in [6, 6.07) is 10.5. The van der Waals surface area contributed by atoms with E-state index in [-0.39, 0.29) is 6.04 Å². The first-order valence-electron chi connectivity index (χ1n) is 4.60. The van der Waals surface area contributed by atoms with Crippen molar-refractivity contribution in [2.75, 3.05) is 6.54 Å². The second-order valence-electron chi connectivity index (χ2n) is 3.11. The summed E-state index contributed by atoms with van der Waals surface area (Å²) >= 11 is 3.50. The fraction of sp³-hybridized carbons (Fsp3) is 0.364. The van der Waals surface area contributed by atoms with Crippen molar-refractivity contribution in [1.82, 2.24) is 5.32 Å². The molecule has 0 heterocycles. The van der Waals surface area contributed by atoms with Gasteiger partial charge in [0.05, 0.1) is 6.07 Å². The smallest absolute Gasteiger partial charge is 0.0635 e. The molecule has 3 heteroatoms. The van der Waals surface area contributed by atoms with Crippen molar-refractivity contribution in [3.8, 4) is 6.07 Å². The molecule has 0 radical (unpaired) electrons. The maximum absolute atomic E-state index is 8.41. The van der Waals surface area contributed by atoms with Crippen LogP contribution in [0.4, 0.5) is 0 Å². The maximum atomic E-state index is 8.41. The van der Waals surface area contributed by atoms with E-state index in [1.165, 1.54) is 5.56 Å². The predicted molar refractivity (Wildman–Crippen MR) is 60.8 cm³/mol. The topological polar surface area (TPSA) is 35.8 Å². The highest BCUT2D eigenvalue weighted by Crippen LogP contribution is 2.22. The molecular formula is C11H13BrN2. The number of nitrogens with one attached hydrogen (secondary N) is 1. The average Bonchev–Trinajstić information content (AvgIpc) is 2.18. The zero-order valence-corrected chi connectivity index (χ0v) is 9.71. The number of rotatable bonds is 4. The SMILES string of the molecule is C[C@H](NCCC#N)c1ccccc1Br. The highest BCUT2D eigenvalue weighted by molar-refractivity contribution is 9.10. The molecule has 1 aromatic carbocycles. The molecule has 0 saturated carbocycles. The lowest BCUT2D eigenvalue weighted by Crippen LogP contribution is -2.19. The van der Waals surface area contributed by atoms with Crippen molar-refractivity contribution in [1.29, 1.82) is 5.26 Å². The molecule has 14 heavy (non-hydrogen) atoms. The molecular weight excluding hydrogens is 240 g/mol. The number of hydrogen-bond donors (Lipinski definition) is 1. The summed E-state index contributed by atoms with van der Waals surface area (Å²) in [6.45, 7) is 2.83. The highest BCUT2D eigenvalue weighted by atomic mass is 79.9. The maximum Gasteiger partial charge on any atom is 0.0635 e. The Labute approximate surface area is 93.1 Å². The van der Waals surface area contributed by atoms with E-state index in [2.05, 4.69) is 40.3 Å². The molecule has 0 amide bonds. The molecule has 2 nitrogen and oxygen atoms in total. The Morgan fingerprint density at radius 2 is 2.21 bits per heavy atom. The number of nitrogens with zero attached hydrogens (tertiary/aromatic N) is 1. The fourth-order valence-electron chi connectivity index (χ4n) is 1.28. The van der Waals surface area contributed by atoms with Crippen LogP contribution in [0.25, 0.3) is 0 Å². The van der Waals surface area contributed by atoms with Gasteiger partial charge in [0.25, 0.3) is 0 Å². The molecule has 0 saturated heterocycles.